The van der Waals surface area contributed by atoms with Gasteiger partial charge < -0.3 is 0 Å². The van der Waals surface area contributed by atoms with Gasteiger partial charge in [0.1, 0.15) is 5.82 Å². The van der Waals surface area contributed by atoms with Crippen LogP contribution in [0.5, 0.6) is 0 Å². The molecule has 0 heterocycles. The number of unbranched alkanes of at least 4 members (excludes halogenated alkanes) is 6. The average Bonchev–Trinajstić information content (AvgIpc) is 2.83. The number of rotatable bonds is 8. The van der Waals surface area contributed by atoms with E-state index in [0.717, 1.165) is 17.5 Å². The predicted molar refractivity (Wildman–Crippen MR) is 138 cm³/mol. The van der Waals surface area contributed by atoms with Crippen LogP contribution in [0.1, 0.15) is 85.3 Å². The summed E-state index contributed by atoms with van der Waals surface area (Å²) in [4.78, 5) is 0. The van der Waals surface area contributed by atoms with E-state index in [9.17, 15) is 4.39 Å². The first kappa shape index (κ1) is 24.4. The van der Waals surface area contributed by atoms with Gasteiger partial charge in [-0.2, -0.15) is 0 Å². The summed E-state index contributed by atoms with van der Waals surface area (Å²) in [6.07, 6.45) is 10.4. The summed E-state index contributed by atoms with van der Waals surface area (Å²) in [6, 6.07) is 21.3. The van der Waals surface area contributed by atoms with Gasteiger partial charge in [-0.05, 0) is 67.8 Å². The summed E-state index contributed by atoms with van der Waals surface area (Å²) in [7, 11) is 0. The van der Waals surface area contributed by atoms with E-state index < -0.39 is 0 Å². The molecule has 1 heteroatoms. The largest absolute Gasteiger partial charge is 0.206 e. The molecule has 0 atom stereocenters. The van der Waals surface area contributed by atoms with Crippen LogP contribution in [-0.2, 0) is 6.42 Å². The number of halogens is 1. The third kappa shape index (κ3) is 8.63. The van der Waals surface area contributed by atoms with Crippen molar-refractivity contribution in [3.05, 3.63) is 106 Å². The quantitative estimate of drug-likeness (QED) is 0.246. The van der Waals surface area contributed by atoms with Crippen LogP contribution < -0.4 is 0 Å². The molecule has 3 aromatic rings. The molecule has 0 fully saturated rings. The van der Waals surface area contributed by atoms with Gasteiger partial charge in [0.25, 0.3) is 0 Å². The van der Waals surface area contributed by atoms with Crippen LogP contribution in [0.4, 0.5) is 4.39 Å². The van der Waals surface area contributed by atoms with E-state index in [-0.39, 0.29) is 5.82 Å². The van der Waals surface area contributed by atoms with Crippen LogP contribution in [0.3, 0.4) is 0 Å². The molecule has 0 aliphatic rings. The maximum Gasteiger partial charge on any atom is 0.140 e. The maximum atomic E-state index is 14.5. The Morgan fingerprint density at radius 3 is 1.82 bits per heavy atom. The Hall–Kier alpha value is -3.29. The van der Waals surface area contributed by atoms with Crippen molar-refractivity contribution in [3.8, 4) is 23.7 Å². The van der Waals surface area contributed by atoms with Gasteiger partial charge in [-0.15, -0.1) is 0 Å². The zero-order chi connectivity index (χ0) is 23.3. The van der Waals surface area contributed by atoms with Crippen molar-refractivity contribution < 1.29 is 4.39 Å². The molecule has 0 saturated carbocycles. The molecule has 0 N–H and O–H groups in total. The minimum Gasteiger partial charge on any atom is -0.206 e. The van der Waals surface area contributed by atoms with Crippen LogP contribution >= 0.6 is 0 Å². The van der Waals surface area contributed by atoms with E-state index >= 15 is 0 Å². The fourth-order valence-corrected chi connectivity index (χ4v) is 3.66. The maximum absolute atomic E-state index is 14.5. The lowest BCUT2D eigenvalue weighted by Crippen LogP contribution is -1.88. The Bertz CT molecular complexity index is 1130. The van der Waals surface area contributed by atoms with Crippen LogP contribution in [0.2, 0.25) is 0 Å². The molecule has 0 aliphatic heterocycles. The second-order valence-electron chi connectivity index (χ2n) is 8.63. The van der Waals surface area contributed by atoms with Crippen molar-refractivity contribution in [3.63, 3.8) is 0 Å². The molecule has 3 rings (SSSR count). The number of aryl methyl sites for hydroxylation is 2. The lowest BCUT2D eigenvalue weighted by atomic mass is 10.0. The smallest absolute Gasteiger partial charge is 0.140 e. The molecule has 0 radical (unpaired) electrons. The SMILES string of the molecule is CCCCCCCCCc1ccc(C#Cc2ccc(C#Cc3ccc(C)cc3)c(F)c2)cc1. The fourth-order valence-electron chi connectivity index (χ4n) is 3.66. The highest BCUT2D eigenvalue weighted by molar-refractivity contribution is 5.49. The van der Waals surface area contributed by atoms with Gasteiger partial charge in [-0.3, -0.25) is 0 Å². The molecule has 0 saturated heterocycles. The Labute approximate surface area is 199 Å². The van der Waals surface area contributed by atoms with Gasteiger partial charge in [0.05, 0.1) is 5.56 Å². The van der Waals surface area contributed by atoms with E-state index in [1.54, 1.807) is 6.07 Å². The Balaban J connectivity index is 1.52. The molecule has 0 unspecified atom stereocenters. The molecular formula is C32H33F. The van der Waals surface area contributed by atoms with Gasteiger partial charge in [0.2, 0.25) is 0 Å². The second kappa shape index (κ2) is 13.3. The minimum absolute atomic E-state index is 0.341. The zero-order valence-electron chi connectivity index (χ0n) is 19.9. The first-order valence-electron chi connectivity index (χ1n) is 12.1. The highest BCUT2D eigenvalue weighted by Crippen LogP contribution is 2.13. The number of hydrogen-bond donors (Lipinski definition) is 0. The van der Waals surface area contributed by atoms with Crippen molar-refractivity contribution in [1.82, 2.24) is 0 Å². The summed E-state index contributed by atoms with van der Waals surface area (Å²) in [6.45, 7) is 4.29. The second-order valence-corrected chi connectivity index (χ2v) is 8.63. The molecule has 168 valence electrons. The molecule has 0 nitrogen and oxygen atoms in total. The van der Waals surface area contributed by atoms with E-state index in [2.05, 4.69) is 54.9 Å². The van der Waals surface area contributed by atoms with E-state index in [1.165, 1.54) is 62.1 Å². The van der Waals surface area contributed by atoms with E-state index in [1.807, 2.05) is 37.3 Å². The van der Waals surface area contributed by atoms with Crippen molar-refractivity contribution in [1.29, 1.82) is 0 Å². The normalized spacial score (nSPS) is 10.2. The monoisotopic (exact) mass is 436 g/mol. The van der Waals surface area contributed by atoms with Crippen LogP contribution in [0.25, 0.3) is 0 Å². The minimum atomic E-state index is -0.341. The lowest BCUT2D eigenvalue weighted by Gasteiger charge is -2.02. The van der Waals surface area contributed by atoms with Crippen LogP contribution in [-0.4, -0.2) is 0 Å². The molecule has 0 aliphatic carbocycles. The summed E-state index contributed by atoms with van der Waals surface area (Å²) in [5, 5.41) is 0. The Kier molecular flexibility index (Phi) is 9.82. The molecule has 0 amide bonds. The molecule has 0 spiro atoms. The molecular weight excluding hydrogens is 403 g/mol. The summed E-state index contributed by atoms with van der Waals surface area (Å²) < 4.78 is 14.5. The van der Waals surface area contributed by atoms with Crippen molar-refractivity contribution >= 4 is 0 Å². The summed E-state index contributed by atoms with van der Waals surface area (Å²) >= 11 is 0. The van der Waals surface area contributed by atoms with Gasteiger partial charge >= 0.3 is 0 Å². The van der Waals surface area contributed by atoms with Crippen molar-refractivity contribution in [2.24, 2.45) is 0 Å². The van der Waals surface area contributed by atoms with Gasteiger partial charge in [0, 0.05) is 16.7 Å². The van der Waals surface area contributed by atoms with Crippen molar-refractivity contribution in [2.45, 2.75) is 65.2 Å². The van der Waals surface area contributed by atoms with Gasteiger partial charge in [0.15, 0.2) is 0 Å². The molecule has 0 bridgehead atoms. The fraction of sp³-hybridized carbons (Fsp3) is 0.312. The van der Waals surface area contributed by atoms with Gasteiger partial charge in [-0.1, -0.05) is 99.0 Å². The van der Waals surface area contributed by atoms with E-state index in [0.29, 0.717) is 11.1 Å². The van der Waals surface area contributed by atoms with E-state index in [4.69, 9.17) is 0 Å². The molecule has 0 aromatic heterocycles. The number of hydrogen-bond acceptors (Lipinski definition) is 0. The summed E-state index contributed by atoms with van der Waals surface area (Å²) in [5.41, 5.74) is 5.40. The topological polar surface area (TPSA) is 0 Å². The van der Waals surface area contributed by atoms with Gasteiger partial charge in [-0.25, -0.2) is 4.39 Å². The third-order valence-electron chi connectivity index (χ3n) is 5.74. The summed E-state index contributed by atoms with van der Waals surface area (Å²) in [5.74, 6) is 11.8. The first-order chi connectivity index (χ1) is 16.1. The zero-order valence-corrected chi connectivity index (χ0v) is 19.9. The standard InChI is InChI=1S/C32H33F/c1-3-4-5-6-7-8-9-10-27-15-17-29(18-16-27)19-20-30-22-24-31(32(33)25-30)23-21-28-13-11-26(2)12-14-28/h11-18,22,24-25H,3-10H2,1-2H3. The predicted octanol–water partition coefficient (Wildman–Crippen LogP) is 8.23. The highest BCUT2D eigenvalue weighted by atomic mass is 19.1. The molecule has 3 aromatic carbocycles. The Morgan fingerprint density at radius 1 is 0.606 bits per heavy atom. The highest BCUT2D eigenvalue weighted by Gasteiger charge is 2.00. The third-order valence-corrected chi connectivity index (χ3v) is 5.74. The number of benzene rings is 3. The Morgan fingerprint density at radius 2 is 1.15 bits per heavy atom. The van der Waals surface area contributed by atoms with Crippen LogP contribution in [0.15, 0.2) is 66.7 Å². The van der Waals surface area contributed by atoms with Crippen molar-refractivity contribution in [2.75, 3.05) is 0 Å². The average molecular weight is 437 g/mol. The molecule has 33 heavy (non-hydrogen) atoms. The lowest BCUT2D eigenvalue weighted by molar-refractivity contribution is 0.589. The van der Waals surface area contributed by atoms with Crippen LogP contribution in [0, 0.1) is 36.4 Å². The first-order valence-corrected chi connectivity index (χ1v) is 12.1.